The molecule has 3 rings (SSSR count). The van der Waals surface area contributed by atoms with Crippen LogP contribution >= 0.6 is 0 Å². The lowest BCUT2D eigenvalue weighted by Crippen LogP contribution is -2.25. The Bertz CT molecular complexity index is 577. The molecule has 1 fully saturated rings. The van der Waals surface area contributed by atoms with Gasteiger partial charge in [0, 0.05) is 12.5 Å². The highest BCUT2D eigenvalue weighted by Gasteiger charge is 2.27. The van der Waals surface area contributed by atoms with Gasteiger partial charge in [0.15, 0.2) is 0 Å². The third kappa shape index (κ3) is 4.36. The average molecular weight is 319 g/mol. The van der Waals surface area contributed by atoms with Crippen molar-refractivity contribution in [3.8, 4) is 0 Å². The summed E-state index contributed by atoms with van der Waals surface area (Å²) in [5.74, 6) is 1.25. The van der Waals surface area contributed by atoms with Crippen LogP contribution in [-0.2, 0) is 0 Å². The topological polar surface area (TPSA) is 3.24 Å². The number of hydrogen-bond donors (Lipinski definition) is 0. The van der Waals surface area contributed by atoms with Crippen LogP contribution in [0.4, 0.5) is 0 Å². The van der Waals surface area contributed by atoms with Crippen LogP contribution in [0.3, 0.4) is 0 Å². The number of hydrogen-bond acceptors (Lipinski definition) is 1. The molecule has 0 radical (unpaired) electrons. The number of likely N-dealkylation sites (tertiary alicyclic amines) is 1. The summed E-state index contributed by atoms with van der Waals surface area (Å²) in [7, 11) is 0. The first-order valence-corrected chi connectivity index (χ1v) is 9.32. The van der Waals surface area contributed by atoms with E-state index in [-0.39, 0.29) is 0 Å². The van der Waals surface area contributed by atoms with Gasteiger partial charge < -0.3 is 0 Å². The van der Waals surface area contributed by atoms with E-state index in [1.165, 1.54) is 43.5 Å². The fourth-order valence-electron chi connectivity index (χ4n) is 4.01. The molecule has 0 saturated carbocycles. The molecule has 2 aromatic carbocycles. The van der Waals surface area contributed by atoms with E-state index >= 15 is 0 Å². The summed E-state index contributed by atoms with van der Waals surface area (Å²) < 4.78 is 0. The molecule has 1 heterocycles. The zero-order chi connectivity index (χ0) is 16.6. The summed E-state index contributed by atoms with van der Waals surface area (Å²) in [6.07, 6.45) is 8.36. The molecule has 2 aromatic rings. The normalized spacial score (nSPS) is 19.7. The van der Waals surface area contributed by atoms with Crippen molar-refractivity contribution in [3.63, 3.8) is 0 Å². The summed E-state index contributed by atoms with van der Waals surface area (Å²) in [4.78, 5) is 2.60. The zero-order valence-electron chi connectivity index (χ0n) is 14.8. The van der Waals surface area contributed by atoms with E-state index in [1.807, 2.05) is 0 Å². The lowest BCUT2D eigenvalue weighted by atomic mass is 9.77. The Hall–Kier alpha value is -1.86. The lowest BCUT2D eigenvalue weighted by molar-refractivity contribution is 0.306. The summed E-state index contributed by atoms with van der Waals surface area (Å²) in [6.45, 7) is 5.66. The number of allylic oxidation sites excluding steroid dienone is 1. The van der Waals surface area contributed by atoms with Crippen molar-refractivity contribution < 1.29 is 0 Å². The van der Waals surface area contributed by atoms with Crippen LogP contribution in [0.2, 0.25) is 0 Å². The third-order valence-electron chi connectivity index (χ3n) is 5.25. The monoisotopic (exact) mass is 319 g/mol. The van der Waals surface area contributed by atoms with Crippen molar-refractivity contribution >= 4 is 0 Å². The molecule has 1 aliphatic rings. The Labute approximate surface area is 147 Å². The van der Waals surface area contributed by atoms with Gasteiger partial charge in [0.25, 0.3) is 0 Å². The average Bonchev–Trinajstić information content (AvgIpc) is 2.88. The Morgan fingerprint density at radius 1 is 0.917 bits per heavy atom. The van der Waals surface area contributed by atoms with Crippen LogP contribution in [0.25, 0.3) is 0 Å². The van der Waals surface area contributed by atoms with Gasteiger partial charge in [-0.2, -0.15) is 0 Å². The highest BCUT2D eigenvalue weighted by Crippen LogP contribution is 2.37. The van der Waals surface area contributed by atoms with Gasteiger partial charge in [0.1, 0.15) is 0 Å². The smallest absolute Gasteiger partial charge is 0.0163 e. The summed E-state index contributed by atoms with van der Waals surface area (Å²) in [5.41, 5.74) is 2.94. The van der Waals surface area contributed by atoms with Crippen molar-refractivity contribution in [2.75, 3.05) is 19.6 Å². The highest BCUT2D eigenvalue weighted by atomic mass is 15.1. The van der Waals surface area contributed by atoms with Crippen molar-refractivity contribution in [2.45, 2.75) is 32.1 Å². The zero-order valence-corrected chi connectivity index (χ0v) is 14.8. The number of benzene rings is 2. The first-order valence-electron chi connectivity index (χ1n) is 9.32. The molecule has 1 nitrogen and oxygen atoms in total. The molecule has 1 atom stereocenters. The van der Waals surface area contributed by atoms with Crippen LogP contribution in [0, 0.1) is 5.92 Å². The lowest BCUT2D eigenvalue weighted by Gasteiger charge is -2.27. The van der Waals surface area contributed by atoms with Crippen molar-refractivity contribution in [1.82, 2.24) is 4.90 Å². The molecule has 0 N–H and O–H groups in total. The van der Waals surface area contributed by atoms with Crippen LogP contribution in [0.5, 0.6) is 0 Å². The van der Waals surface area contributed by atoms with Gasteiger partial charge in [0.05, 0.1) is 0 Å². The van der Waals surface area contributed by atoms with Crippen LogP contribution in [0.1, 0.15) is 43.2 Å². The fourth-order valence-corrected chi connectivity index (χ4v) is 4.01. The molecule has 0 aliphatic carbocycles. The van der Waals surface area contributed by atoms with Crippen molar-refractivity contribution in [2.24, 2.45) is 5.92 Å². The highest BCUT2D eigenvalue weighted by molar-refractivity contribution is 5.33. The van der Waals surface area contributed by atoms with E-state index in [4.69, 9.17) is 0 Å². The fraction of sp³-hybridized carbons (Fsp3) is 0.391. The van der Waals surface area contributed by atoms with Gasteiger partial charge in [-0.1, -0.05) is 72.8 Å². The van der Waals surface area contributed by atoms with E-state index < -0.39 is 0 Å². The van der Waals surface area contributed by atoms with E-state index in [0.29, 0.717) is 5.92 Å². The second-order valence-electron chi connectivity index (χ2n) is 6.86. The second kappa shape index (κ2) is 8.84. The maximum absolute atomic E-state index is 2.60. The minimum atomic E-state index is 0.522. The standard InChI is InChI=1S/C23H29N/c1-2-3-17-24-18-10-15-22(16-19-24)23(20-11-6-4-7-12-20)21-13-8-5-9-14-21/h2-9,11-14,22-23H,10,15-19H2,1H3. The van der Waals surface area contributed by atoms with Crippen molar-refractivity contribution in [1.29, 1.82) is 0 Å². The van der Waals surface area contributed by atoms with Gasteiger partial charge in [-0.15, -0.1) is 0 Å². The van der Waals surface area contributed by atoms with E-state index in [1.54, 1.807) is 0 Å². The van der Waals surface area contributed by atoms with Gasteiger partial charge in [-0.05, 0) is 56.3 Å². The van der Waals surface area contributed by atoms with E-state index in [0.717, 1.165) is 12.5 Å². The Morgan fingerprint density at radius 2 is 1.54 bits per heavy atom. The largest absolute Gasteiger partial charge is 0.300 e. The molecule has 0 aromatic heterocycles. The summed E-state index contributed by atoms with van der Waals surface area (Å²) >= 11 is 0. The Morgan fingerprint density at radius 3 is 2.12 bits per heavy atom. The molecule has 0 spiro atoms. The first kappa shape index (κ1) is 17.0. The quantitative estimate of drug-likeness (QED) is 0.658. The van der Waals surface area contributed by atoms with E-state index in [9.17, 15) is 0 Å². The predicted molar refractivity (Wildman–Crippen MR) is 103 cm³/mol. The van der Waals surface area contributed by atoms with Crippen LogP contribution < -0.4 is 0 Å². The molecule has 1 heteroatoms. The molecule has 24 heavy (non-hydrogen) atoms. The maximum atomic E-state index is 2.60. The number of nitrogens with zero attached hydrogens (tertiary/aromatic N) is 1. The van der Waals surface area contributed by atoms with Gasteiger partial charge in [-0.25, -0.2) is 0 Å². The SMILES string of the molecule is CC=CCN1CCCC(C(c2ccccc2)c2ccccc2)CC1. The summed E-state index contributed by atoms with van der Waals surface area (Å²) in [6, 6.07) is 22.2. The first-order chi connectivity index (χ1) is 11.9. The van der Waals surface area contributed by atoms with Crippen LogP contribution in [-0.4, -0.2) is 24.5 Å². The third-order valence-corrected chi connectivity index (χ3v) is 5.25. The Kier molecular flexibility index (Phi) is 6.26. The predicted octanol–water partition coefficient (Wildman–Crippen LogP) is 5.50. The molecule has 0 amide bonds. The molecule has 0 bridgehead atoms. The van der Waals surface area contributed by atoms with Crippen LogP contribution in [0.15, 0.2) is 72.8 Å². The summed E-state index contributed by atoms with van der Waals surface area (Å²) in [5, 5.41) is 0. The van der Waals surface area contributed by atoms with Gasteiger partial charge >= 0.3 is 0 Å². The molecule has 1 unspecified atom stereocenters. The second-order valence-corrected chi connectivity index (χ2v) is 6.86. The molecule has 1 saturated heterocycles. The Balaban J connectivity index is 1.81. The maximum Gasteiger partial charge on any atom is 0.0163 e. The minimum Gasteiger partial charge on any atom is -0.300 e. The van der Waals surface area contributed by atoms with Gasteiger partial charge in [-0.3, -0.25) is 4.90 Å². The molecular formula is C23H29N. The molecule has 126 valence electrons. The van der Waals surface area contributed by atoms with E-state index in [2.05, 4.69) is 84.6 Å². The minimum absolute atomic E-state index is 0.522. The molecular weight excluding hydrogens is 290 g/mol. The number of rotatable bonds is 5. The molecule has 1 aliphatic heterocycles. The van der Waals surface area contributed by atoms with Crippen molar-refractivity contribution in [3.05, 3.63) is 83.9 Å². The van der Waals surface area contributed by atoms with Gasteiger partial charge in [0.2, 0.25) is 0 Å².